The van der Waals surface area contributed by atoms with Crippen molar-refractivity contribution in [3.8, 4) is 5.82 Å². The molecule has 4 heterocycles. The zero-order valence-electron chi connectivity index (χ0n) is 21.9. The summed E-state index contributed by atoms with van der Waals surface area (Å²) in [6.07, 6.45) is 6.70. The maximum absolute atomic E-state index is 6.23. The van der Waals surface area contributed by atoms with Crippen molar-refractivity contribution in [2.45, 2.75) is 57.5 Å². The van der Waals surface area contributed by atoms with Gasteiger partial charge in [-0.1, -0.05) is 12.1 Å². The van der Waals surface area contributed by atoms with Crippen LogP contribution in [0.5, 0.6) is 0 Å². The van der Waals surface area contributed by atoms with E-state index in [1.165, 1.54) is 44.3 Å². The summed E-state index contributed by atoms with van der Waals surface area (Å²) >= 11 is 0. The van der Waals surface area contributed by atoms with Crippen molar-refractivity contribution in [2.24, 2.45) is 0 Å². The van der Waals surface area contributed by atoms with Gasteiger partial charge in [0.2, 0.25) is 11.9 Å². The fraction of sp³-hybridized carbons (Fsp3) is 0.556. The zero-order valence-corrected chi connectivity index (χ0v) is 21.9. The van der Waals surface area contributed by atoms with Crippen LogP contribution in [-0.2, 0) is 0 Å². The minimum atomic E-state index is 0.291. The van der Waals surface area contributed by atoms with Crippen LogP contribution < -0.4 is 16.0 Å². The third kappa shape index (κ3) is 5.40. The lowest BCUT2D eigenvalue weighted by Crippen LogP contribution is -2.47. The van der Waals surface area contributed by atoms with Crippen LogP contribution in [0.25, 0.3) is 5.82 Å². The van der Waals surface area contributed by atoms with E-state index in [-0.39, 0.29) is 0 Å². The molecule has 0 atom stereocenters. The maximum Gasteiger partial charge on any atom is 0.248 e. The Labute approximate surface area is 218 Å². The standard InChI is InChI=1S/C27H38N10/c1-19(2)34-11-9-21(10-12-34)20-3-5-22(6-4-20)31-27-32-26(28)37(33-27)25-17-24(29-18-30-25)36-15-13-35(14-16-36)23-7-8-23/h3-6,17-19,21,23H,7-16H2,1-2H3,(H3,28,31,32,33). The lowest BCUT2D eigenvalue weighted by atomic mass is 9.89. The summed E-state index contributed by atoms with van der Waals surface area (Å²) in [5, 5.41) is 7.88. The summed E-state index contributed by atoms with van der Waals surface area (Å²) in [6, 6.07) is 12.0. The number of nitrogen functional groups attached to an aromatic ring is 1. The van der Waals surface area contributed by atoms with E-state index in [1.54, 1.807) is 11.0 Å². The van der Waals surface area contributed by atoms with Gasteiger partial charge >= 0.3 is 0 Å². The second-order valence-electron chi connectivity index (χ2n) is 10.8. The molecule has 0 spiro atoms. The third-order valence-electron chi connectivity index (χ3n) is 8.09. The molecule has 1 aliphatic carbocycles. The molecule has 2 saturated heterocycles. The minimum Gasteiger partial charge on any atom is -0.368 e. The largest absolute Gasteiger partial charge is 0.368 e. The van der Waals surface area contributed by atoms with Crippen LogP contribution >= 0.6 is 0 Å². The monoisotopic (exact) mass is 502 g/mol. The quantitative estimate of drug-likeness (QED) is 0.504. The number of likely N-dealkylation sites (tertiary alicyclic amines) is 1. The van der Waals surface area contributed by atoms with Crippen LogP contribution in [0.2, 0.25) is 0 Å². The van der Waals surface area contributed by atoms with E-state index in [1.807, 2.05) is 6.07 Å². The molecule has 2 aromatic heterocycles. The Morgan fingerprint density at radius 2 is 1.59 bits per heavy atom. The van der Waals surface area contributed by atoms with Crippen molar-refractivity contribution in [3.63, 3.8) is 0 Å². The summed E-state index contributed by atoms with van der Waals surface area (Å²) < 4.78 is 1.57. The van der Waals surface area contributed by atoms with Crippen molar-refractivity contribution >= 4 is 23.4 Å². The number of nitrogens with zero attached hydrogens (tertiary/aromatic N) is 8. The summed E-state index contributed by atoms with van der Waals surface area (Å²) in [6.45, 7) is 11.0. The van der Waals surface area contributed by atoms with Crippen molar-refractivity contribution in [1.29, 1.82) is 0 Å². The van der Waals surface area contributed by atoms with Gasteiger partial charge in [-0.2, -0.15) is 9.67 Å². The van der Waals surface area contributed by atoms with Crippen molar-refractivity contribution in [2.75, 3.05) is 55.2 Å². The van der Waals surface area contributed by atoms with E-state index < -0.39 is 0 Å². The molecule has 0 unspecified atom stereocenters. The summed E-state index contributed by atoms with van der Waals surface area (Å²) in [5.74, 6) is 2.89. The van der Waals surface area contributed by atoms with Gasteiger partial charge in [-0.25, -0.2) is 9.97 Å². The number of nitrogens with one attached hydrogen (secondary N) is 1. The van der Waals surface area contributed by atoms with Crippen LogP contribution in [0.1, 0.15) is 51.0 Å². The van der Waals surface area contributed by atoms with Gasteiger partial charge in [-0.15, -0.1) is 5.10 Å². The predicted molar refractivity (Wildman–Crippen MR) is 147 cm³/mol. The fourth-order valence-corrected chi connectivity index (χ4v) is 5.64. The van der Waals surface area contributed by atoms with E-state index in [4.69, 9.17) is 5.73 Å². The van der Waals surface area contributed by atoms with Crippen LogP contribution in [0.15, 0.2) is 36.7 Å². The molecule has 1 aromatic carbocycles. The molecule has 0 bridgehead atoms. The minimum absolute atomic E-state index is 0.291. The summed E-state index contributed by atoms with van der Waals surface area (Å²) in [4.78, 5) is 20.8. The smallest absolute Gasteiger partial charge is 0.248 e. The highest BCUT2D eigenvalue weighted by Gasteiger charge is 2.31. The topological polar surface area (TPSA) is 104 Å². The summed E-state index contributed by atoms with van der Waals surface area (Å²) in [5.41, 5.74) is 8.58. The molecule has 3 aromatic rings. The first-order chi connectivity index (χ1) is 18.0. The molecule has 6 rings (SSSR count). The average molecular weight is 503 g/mol. The van der Waals surface area contributed by atoms with Crippen LogP contribution in [0.3, 0.4) is 0 Å². The van der Waals surface area contributed by atoms with E-state index >= 15 is 0 Å². The number of aromatic nitrogens is 5. The molecule has 2 aliphatic heterocycles. The molecular formula is C27H38N10. The second kappa shape index (κ2) is 10.3. The first-order valence-electron chi connectivity index (χ1n) is 13.7. The van der Waals surface area contributed by atoms with Gasteiger partial charge in [0, 0.05) is 50.0 Å². The lowest BCUT2D eigenvalue weighted by Gasteiger charge is -2.35. The van der Waals surface area contributed by atoms with Crippen molar-refractivity contribution in [1.82, 2.24) is 34.5 Å². The van der Waals surface area contributed by atoms with Gasteiger partial charge in [0.25, 0.3) is 0 Å². The Morgan fingerprint density at radius 3 is 2.27 bits per heavy atom. The number of piperidine rings is 1. The van der Waals surface area contributed by atoms with Gasteiger partial charge < -0.3 is 20.9 Å². The molecule has 10 nitrogen and oxygen atoms in total. The molecule has 196 valence electrons. The Kier molecular flexibility index (Phi) is 6.69. The first kappa shape index (κ1) is 24.1. The van der Waals surface area contributed by atoms with Crippen LogP contribution in [-0.4, -0.2) is 85.9 Å². The molecular weight excluding hydrogens is 464 g/mol. The van der Waals surface area contributed by atoms with Crippen molar-refractivity contribution in [3.05, 3.63) is 42.2 Å². The number of benzene rings is 1. The predicted octanol–water partition coefficient (Wildman–Crippen LogP) is 3.26. The Morgan fingerprint density at radius 1 is 0.892 bits per heavy atom. The molecule has 3 aliphatic rings. The molecule has 37 heavy (non-hydrogen) atoms. The number of hydrogen-bond donors (Lipinski definition) is 2. The average Bonchev–Trinajstić information content (AvgIpc) is 3.72. The Hall–Kier alpha value is -3.24. The van der Waals surface area contributed by atoms with Crippen molar-refractivity contribution < 1.29 is 0 Å². The Bertz CT molecular complexity index is 1190. The van der Waals surface area contributed by atoms with Crippen LogP contribution in [0.4, 0.5) is 23.4 Å². The zero-order chi connectivity index (χ0) is 25.4. The van der Waals surface area contributed by atoms with Gasteiger partial charge in [0.1, 0.15) is 12.1 Å². The number of anilines is 4. The highest BCUT2D eigenvalue weighted by Crippen LogP contribution is 2.30. The second-order valence-corrected chi connectivity index (χ2v) is 10.8. The van der Waals surface area contributed by atoms with Gasteiger partial charge in [-0.05, 0) is 76.2 Å². The number of rotatable bonds is 7. The molecule has 1 saturated carbocycles. The Balaban J connectivity index is 1.09. The number of nitrogens with two attached hydrogens (primary N) is 1. The first-order valence-corrected chi connectivity index (χ1v) is 13.7. The molecule has 3 N–H and O–H groups in total. The van der Waals surface area contributed by atoms with E-state index in [0.29, 0.717) is 29.7 Å². The molecule has 10 heteroatoms. The van der Waals surface area contributed by atoms with Gasteiger partial charge in [0.05, 0.1) is 0 Å². The summed E-state index contributed by atoms with van der Waals surface area (Å²) in [7, 11) is 0. The third-order valence-corrected chi connectivity index (χ3v) is 8.09. The van der Waals surface area contributed by atoms with E-state index in [2.05, 4.69) is 78.2 Å². The molecule has 3 fully saturated rings. The van der Waals surface area contributed by atoms with Gasteiger partial charge in [0.15, 0.2) is 5.82 Å². The highest BCUT2D eigenvalue weighted by molar-refractivity contribution is 5.55. The molecule has 0 radical (unpaired) electrons. The SMILES string of the molecule is CC(C)N1CCC(c2ccc(Nc3nc(N)n(-c4cc(N5CCN(C6CC6)CC5)ncn4)n3)cc2)CC1. The normalized spacial score (nSPS) is 20.0. The molecule has 0 amide bonds. The number of piperazine rings is 1. The lowest BCUT2D eigenvalue weighted by molar-refractivity contribution is 0.172. The van der Waals surface area contributed by atoms with E-state index in [9.17, 15) is 0 Å². The van der Waals surface area contributed by atoms with Gasteiger partial charge in [-0.3, -0.25) is 4.90 Å². The van der Waals surface area contributed by atoms with E-state index in [0.717, 1.165) is 43.7 Å². The number of hydrogen-bond acceptors (Lipinski definition) is 9. The maximum atomic E-state index is 6.23. The highest BCUT2D eigenvalue weighted by atomic mass is 15.4. The fourth-order valence-electron chi connectivity index (χ4n) is 5.64. The van der Waals surface area contributed by atoms with Crippen LogP contribution in [0, 0.1) is 0 Å².